The number of unbranched alkanes of at least 4 members (excludes halogenated alkanes) is 15. The van der Waals surface area contributed by atoms with Crippen molar-refractivity contribution in [2.24, 2.45) is 7.05 Å². The van der Waals surface area contributed by atoms with Gasteiger partial charge in [0.05, 0.1) is 7.05 Å². The second-order valence-corrected chi connectivity index (χ2v) is 12.6. The van der Waals surface area contributed by atoms with Crippen LogP contribution in [0.4, 0.5) is 0 Å². The van der Waals surface area contributed by atoms with E-state index in [1.54, 1.807) is 0 Å². The van der Waals surface area contributed by atoms with Gasteiger partial charge in [-0.25, -0.2) is 9.13 Å². The zero-order valence-electron chi connectivity index (χ0n) is 26.2. The van der Waals surface area contributed by atoms with E-state index in [-0.39, 0.29) is 5.41 Å². The van der Waals surface area contributed by atoms with Crippen molar-refractivity contribution in [2.45, 2.75) is 141 Å². The van der Waals surface area contributed by atoms with Crippen molar-refractivity contribution in [2.75, 3.05) is 0 Å². The van der Waals surface area contributed by atoms with Gasteiger partial charge < -0.3 is 0 Å². The van der Waals surface area contributed by atoms with Gasteiger partial charge in [-0.2, -0.15) is 0 Å². The molecule has 0 bridgehead atoms. The van der Waals surface area contributed by atoms with Crippen LogP contribution >= 0.6 is 0 Å². The first-order valence-corrected chi connectivity index (χ1v) is 16.8. The number of aromatic nitrogens is 2. The zero-order valence-corrected chi connectivity index (χ0v) is 26.2. The number of hydrogen-bond donors (Lipinski definition) is 0. The van der Waals surface area contributed by atoms with Crippen LogP contribution in [0.2, 0.25) is 0 Å². The molecule has 2 atom stereocenters. The number of hydrogen-bond acceptors (Lipinski definition) is 0. The van der Waals surface area contributed by atoms with Crippen LogP contribution in [-0.2, 0) is 18.9 Å². The van der Waals surface area contributed by atoms with Gasteiger partial charge in [0.1, 0.15) is 18.4 Å². The van der Waals surface area contributed by atoms with Crippen molar-refractivity contribution in [3.05, 3.63) is 90.5 Å². The van der Waals surface area contributed by atoms with Crippen molar-refractivity contribution in [3.8, 4) is 0 Å². The minimum Gasteiger partial charge on any atom is -0.240 e. The molecule has 0 radical (unpaired) electrons. The molecule has 0 N–H and O–H groups in total. The minimum atomic E-state index is 0.0180. The van der Waals surface area contributed by atoms with Crippen LogP contribution in [0.1, 0.15) is 140 Å². The molecule has 2 unspecified atom stereocenters. The van der Waals surface area contributed by atoms with Gasteiger partial charge in [0.25, 0.3) is 0 Å². The van der Waals surface area contributed by atoms with Gasteiger partial charge in [0.2, 0.25) is 6.33 Å². The molecule has 40 heavy (non-hydrogen) atoms. The van der Waals surface area contributed by atoms with Crippen LogP contribution in [0, 0.1) is 0 Å². The topological polar surface area (TPSA) is 8.81 Å². The summed E-state index contributed by atoms with van der Waals surface area (Å²) in [5, 5.41) is 0. The summed E-state index contributed by atoms with van der Waals surface area (Å²) in [7, 11) is 2.14. The number of imidazole rings is 1. The van der Waals surface area contributed by atoms with Gasteiger partial charge in [0.15, 0.2) is 0 Å². The summed E-state index contributed by atoms with van der Waals surface area (Å²) in [5.74, 6) is 0. The molecule has 1 heterocycles. The molecule has 3 aromatic rings. The Hall–Kier alpha value is -2.35. The molecule has 0 saturated carbocycles. The summed E-state index contributed by atoms with van der Waals surface area (Å²) in [5.41, 5.74) is 2.88. The van der Waals surface area contributed by atoms with Gasteiger partial charge in [-0.05, 0) is 30.4 Å². The van der Waals surface area contributed by atoms with E-state index in [0.29, 0.717) is 6.04 Å². The van der Waals surface area contributed by atoms with Crippen LogP contribution < -0.4 is 4.57 Å². The second-order valence-electron chi connectivity index (χ2n) is 12.6. The quantitative estimate of drug-likeness (QED) is 0.0880. The fraction of sp³-hybridized carbons (Fsp3) is 0.605. The normalized spacial score (nSPS) is 13.8. The van der Waals surface area contributed by atoms with Crippen molar-refractivity contribution < 1.29 is 4.57 Å². The van der Waals surface area contributed by atoms with Crippen LogP contribution in [0.3, 0.4) is 0 Å². The fourth-order valence-corrected chi connectivity index (χ4v) is 6.59. The maximum absolute atomic E-state index is 2.49. The molecule has 0 amide bonds. The van der Waals surface area contributed by atoms with Crippen LogP contribution in [0.5, 0.6) is 0 Å². The highest BCUT2D eigenvalue weighted by Gasteiger charge is 2.40. The van der Waals surface area contributed by atoms with E-state index in [1.807, 2.05) is 0 Å². The van der Waals surface area contributed by atoms with E-state index in [9.17, 15) is 0 Å². The average Bonchev–Trinajstić information content (AvgIpc) is 3.41. The minimum absolute atomic E-state index is 0.0180. The molecule has 220 valence electrons. The van der Waals surface area contributed by atoms with Gasteiger partial charge in [-0.15, -0.1) is 0 Å². The Kier molecular flexibility index (Phi) is 15.2. The summed E-state index contributed by atoms with van der Waals surface area (Å²) in [6, 6.07) is 22.7. The Morgan fingerprint density at radius 1 is 0.650 bits per heavy atom. The van der Waals surface area contributed by atoms with Crippen molar-refractivity contribution in [1.29, 1.82) is 0 Å². The molecule has 2 heteroatoms. The monoisotopic (exact) mass is 543 g/mol. The molecule has 2 aromatic carbocycles. The largest absolute Gasteiger partial charge is 0.243 e. The van der Waals surface area contributed by atoms with E-state index < -0.39 is 0 Å². The molecule has 2 nitrogen and oxygen atoms in total. The standard InChI is InChI=1S/C38H59N2/c1-4-5-6-7-8-9-10-11-12-13-14-15-16-17-18-25-30-37(40-32-31-39(3)34-40)38(2,36-28-23-20-24-29-36)33-35-26-21-19-22-27-35/h19-24,26-29,31-32,34,37H,4-18,25,30,33H2,1-3H3/q+1. The summed E-state index contributed by atoms with van der Waals surface area (Å²) in [6.45, 7) is 4.79. The smallest absolute Gasteiger partial charge is 0.240 e. The molecule has 1 aromatic heterocycles. The highest BCUT2D eigenvalue weighted by atomic mass is 15.1. The highest BCUT2D eigenvalue weighted by molar-refractivity contribution is 5.30. The molecule has 3 rings (SSSR count). The van der Waals surface area contributed by atoms with Crippen molar-refractivity contribution in [3.63, 3.8) is 0 Å². The zero-order chi connectivity index (χ0) is 28.3. The van der Waals surface area contributed by atoms with Gasteiger partial charge in [0, 0.05) is 5.41 Å². The Morgan fingerprint density at radius 3 is 1.60 bits per heavy atom. The second kappa shape index (κ2) is 18.9. The number of aryl methyl sites for hydroxylation is 1. The van der Waals surface area contributed by atoms with Crippen LogP contribution in [0.15, 0.2) is 79.4 Å². The number of nitrogens with zero attached hydrogens (tertiary/aromatic N) is 2. The van der Waals surface area contributed by atoms with E-state index in [2.05, 4.69) is 109 Å². The first-order chi connectivity index (χ1) is 19.6. The first kappa shape index (κ1) is 32.2. The third kappa shape index (κ3) is 11.3. The average molecular weight is 544 g/mol. The summed E-state index contributed by atoms with van der Waals surface area (Å²) in [6.07, 6.45) is 31.7. The maximum atomic E-state index is 2.49. The number of benzene rings is 2. The lowest BCUT2D eigenvalue weighted by molar-refractivity contribution is -0.671. The predicted molar refractivity (Wildman–Crippen MR) is 173 cm³/mol. The molecule has 0 spiro atoms. The van der Waals surface area contributed by atoms with E-state index in [4.69, 9.17) is 0 Å². The SMILES string of the molecule is CCCCCCCCCCCCCCCCCCC(n1cc[n+](C)c1)C(C)(Cc1ccccc1)c1ccccc1. The first-order valence-electron chi connectivity index (χ1n) is 16.8. The van der Waals surface area contributed by atoms with Gasteiger partial charge in [-0.1, -0.05) is 171 Å². The van der Waals surface area contributed by atoms with Crippen molar-refractivity contribution >= 4 is 0 Å². The van der Waals surface area contributed by atoms with Crippen LogP contribution in [0.25, 0.3) is 0 Å². The third-order valence-electron chi connectivity index (χ3n) is 9.06. The molecular weight excluding hydrogens is 484 g/mol. The Labute approximate surface area is 247 Å². The lowest BCUT2D eigenvalue weighted by Gasteiger charge is -2.37. The lowest BCUT2D eigenvalue weighted by atomic mass is 9.70. The van der Waals surface area contributed by atoms with E-state index in [1.165, 1.54) is 120 Å². The molecule has 0 fully saturated rings. The van der Waals surface area contributed by atoms with Crippen molar-refractivity contribution in [1.82, 2.24) is 4.57 Å². The molecule has 0 aliphatic heterocycles. The van der Waals surface area contributed by atoms with Gasteiger partial charge >= 0.3 is 0 Å². The molecular formula is C38H59N2+. The number of rotatable bonds is 22. The van der Waals surface area contributed by atoms with Crippen LogP contribution in [-0.4, -0.2) is 4.57 Å². The summed E-state index contributed by atoms with van der Waals surface area (Å²) < 4.78 is 4.68. The fourth-order valence-electron chi connectivity index (χ4n) is 6.59. The molecule has 0 aliphatic rings. The predicted octanol–water partition coefficient (Wildman–Crippen LogP) is 10.7. The lowest BCUT2D eigenvalue weighted by Crippen LogP contribution is -2.37. The van der Waals surface area contributed by atoms with E-state index in [0.717, 1.165) is 6.42 Å². The molecule has 0 saturated heterocycles. The maximum Gasteiger partial charge on any atom is 0.243 e. The Bertz CT molecular complexity index is 1010. The summed E-state index contributed by atoms with van der Waals surface area (Å²) >= 11 is 0. The Morgan fingerprint density at radius 2 is 1.12 bits per heavy atom. The summed E-state index contributed by atoms with van der Waals surface area (Å²) in [4.78, 5) is 0. The van der Waals surface area contributed by atoms with Gasteiger partial charge in [-0.3, -0.25) is 0 Å². The Balaban J connectivity index is 1.43. The third-order valence-corrected chi connectivity index (χ3v) is 9.06. The highest BCUT2D eigenvalue weighted by Crippen LogP contribution is 2.41. The molecule has 0 aliphatic carbocycles. The van der Waals surface area contributed by atoms with E-state index >= 15 is 0 Å².